The topological polar surface area (TPSA) is 98.0 Å². The van der Waals surface area contributed by atoms with Gasteiger partial charge in [0.05, 0.1) is 0 Å². The van der Waals surface area contributed by atoms with E-state index in [4.69, 9.17) is 28.9 Å². The highest BCUT2D eigenvalue weighted by Crippen LogP contribution is 2.22. The van der Waals surface area contributed by atoms with E-state index in [-0.39, 0.29) is 21.8 Å². The second kappa shape index (κ2) is 6.07. The van der Waals surface area contributed by atoms with Gasteiger partial charge in [0.1, 0.15) is 0 Å². The summed E-state index contributed by atoms with van der Waals surface area (Å²) in [6.45, 7) is 1.90. The van der Waals surface area contributed by atoms with E-state index < -0.39 is 11.8 Å². The first-order valence-electron chi connectivity index (χ1n) is 5.79. The third-order valence-electron chi connectivity index (χ3n) is 2.59. The molecule has 0 aliphatic heterocycles. The minimum Gasteiger partial charge on any atom is -0.364 e. The first-order chi connectivity index (χ1) is 9.88. The van der Waals surface area contributed by atoms with Gasteiger partial charge >= 0.3 is 0 Å². The molecule has 0 saturated heterocycles. The Morgan fingerprint density at radius 3 is 2.24 bits per heavy atom. The Morgan fingerprint density at radius 2 is 1.67 bits per heavy atom. The third kappa shape index (κ3) is 3.48. The quantitative estimate of drug-likeness (QED) is 0.905. The zero-order chi connectivity index (χ0) is 15.6. The monoisotopic (exact) mass is 324 g/mol. The van der Waals surface area contributed by atoms with Crippen molar-refractivity contribution in [3.8, 4) is 0 Å². The highest BCUT2D eigenvalue weighted by molar-refractivity contribution is 6.40. The zero-order valence-electron chi connectivity index (χ0n) is 10.9. The van der Waals surface area contributed by atoms with Crippen LogP contribution in [0, 0.1) is 6.92 Å². The molecular formula is C13H10Cl2N4O2. The van der Waals surface area contributed by atoms with Crippen LogP contribution in [0.1, 0.15) is 26.4 Å². The van der Waals surface area contributed by atoms with Gasteiger partial charge in [0.15, 0.2) is 21.8 Å². The molecule has 6 nitrogen and oxygen atoms in total. The smallest absolute Gasteiger partial charge is 0.271 e. The number of hydrogen-bond acceptors (Lipinski definition) is 4. The maximum Gasteiger partial charge on any atom is 0.271 e. The number of carbonyl (C=O) groups is 2. The first-order valence-corrected chi connectivity index (χ1v) is 6.55. The summed E-state index contributed by atoms with van der Waals surface area (Å²) in [6, 6.07) is 6.84. The van der Waals surface area contributed by atoms with E-state index in [1.54, 1.807) is 24.3 Å². The van der Waals surface area contributed by atoms with Gasteiger partial charge < -0.3 is 11.1 Å². The summed E-state index contributed by atoms with van der Waals surface area (Å²) in [6.07, 6.45) is 0. The molecule has 1 aromatic heterocycles. The fourth-order valence-corrected chi connectivity index (χ4v) is 1.79. The molecule has 0 spiro atoms. The lowest BCUT2D eigenvalue weighted by atomic mass is 10.1. The molecule has 0 fully saturated rings. The summed E-state index contributed by atoms with van der Waals surface area (Å²) in [5.41, 5.74) is 6.32. The second-order valence-corrected chi connectivity index (χ2v) is 4.90. The number of halogens is 2. The van der Waals surface area contributed by atoms with Crippen molar-refractivity contribution in [2.75, 3.05) is 5.32 Å². The molecule has 2 rings (SSSR count). The van der Waals surface area contributed by atoms with E-state index in [9.17, 15) is 9.59 Å². The number of carbonyl (C=O) groups excluding carboxylic acids is 2. The summed E-state index contributed by atoms with van der Waals surface area (Å²) >= 11 is 11.4. The van der Waals surface area contributed by atoms with Crippen molar-refractivity contribution < 1.29 is 9.59 Å². The van der Waals surface area contributed by atoms with Gasteiger partial charge in [0, 0.05) is 5.56 Å². The molecule has 0 aliphatic carbocycles. The van der Waals surface area contributed by atoms with Crippen molar-refractivity contribution in [2.45, 2.75) is 6.92 Å². The minimum absolute atomic E-state index is 0.137. The third-order valence-corrected chi connectivity index (χ3v) is 3.22. The Labute approximate surface area is 130 Å². The van der Waals surface area contributed by atoms with Crippen molar-refractivity contribution >= 4 is 40.8 Å². The average Bonchev–Trinajstić information content (AvgIpc) is 2.43. The Hall–Kier alpha value is -2.18. The maximum absolute atomic E-state index is 12.1. The normalized spacial score (nSPS) is 10.2. The van der Waals surface area contributed by atoms with Gasteiger partial charge in [0.2, 0.25) is 0 Å². The van der Waals surface area contributed by atoms with Crippen LogP contribution in [0.3, 0.4) is 0 Å². The number of hydrogen-bond donors (Lipinski definition) is 2. The number of nitrogens with one attached hydrogen (secondary N) is 1. The van der Waals surface area contributed by atoms with E-state index in [0.29, 0.717) is 5.56 Å². The number of primary amides is 1. The molecule has 0 saturated carbocycles. The summed E-state index contributed by atoms with van der Waals surface area (Å²) in [4.78, 5) is 30.9. The largest absolute Gasteiger partial charge is 0.364 e. The molecule has 2 aromatic rings. The van der Waals surface area contributed by atoms with Crippen LogP contribution in [-0.4, -0.2) is 21.8 Å². The lowest BCUT2D eigenvalue weighted by Crippen LogP contribution is -2.21. The maximum atomic E-state index is 12.1. The van der Waals surface area contributed by atoms with Crippen LogP contribution < -0.4 is 11.1 Å². The molecule has 1 heterocycles. The first kappa shape index (κ1) is 15.2. The van der Waals surface area contributed by atoms with Gasteiger partial charge in [-0.1, -0.05) is 40.9 Å². The number of nitrogens with two attached hydrogens (primary N) is 1. The minimum atomic E-state index is -0.875. The summed E-state index contributed by atoms with van der Waals surface area (Å²) < 4.78 is 0. The SMILES string of the molecule is Cc1ccc(C(=O)Nc2nc(Cl)c(Cl)nc2C(N)=O)cc1. The molecule has 21 heavy (non-hydrogen) atoms. The van der Waals surface area contributed by atoms with E-state index in [2.05, 4.69) is 15.3 Å². The fourth-order valence-electron chi connectivity index (χ4n) is 1.54. The Balaban J connectivity index is 2.34. The summed E-state index contributed by atoms with van der Waals surface area (Å²) in [7, 11) is 0. The molecule has 3 N–H and O–H groups in total. The van der Waals surface area contributed by atoms with E-state index in [1.807, 2.05) is 6.92 Å². The Kier molecular flexibility index (Phi) is 4.40. The van der Waals surface area contributed by atoms with E-state index in [1.165, 1.54) is 0 Å². The molecule has 1 aromatic carbocycles. The van der Waals surface area contributed by atoms with E-state index >= 15 is 0 Å². The van der Waals surface area contributed by atoms with E-state index in [0.717, 1.165) is 5.56 Å². The zero-order valence-corrected chi connectivity index (χ0v) is 12.4. The van der Waals surface area contributed by atoms with Crippen molar-refractivity contribution in [3.63, 3.8) is 0 Å². The number of amides is 2. The molecule has 8 heteroatoms. The molecule has 108 valence electrons. The fraction of sp³-hybridized carbons (Fsp3) is 0.0769. The van der Waals surface area contributed by atoms with Crippen LogP contribution >= 0.6 is 23.2 Å². The predicted molar refractivity (Wildman–Crippen MR) is 79.7 cm³/mol. The Bertz CT molecular complexity index is 717. The average molecular weight is 325 g/mol. The number of aryl methyl sites for hydroxylation is 1. The lowest BCUT2D eigenvalue weighted by molar-refractivity contribution is 0.0996. The van der Waals surface area contributed by atoms with Crippen LogP contribution in [0.5, 0.6) is 0 Å². The van der Waals surface area contributed by atoms with Gasteiger partial charge in [-0.15, -0.1) is 0 Å². The van der Waals surface area contributed by atoms with Crippen molar-refractivity contribution in [3.05, 3.63) is 51.4 Å². The number of rotatable bonds is 3. The second-order valence-electron chi connectivity index (χ2n) is 4.19. The van der Waals surface area contributed by atoms with Gasteiger partial charge in [0.25, 0.3) is 11.8 Å². The molecule has 0 atom stereocenters. The Morgan fingerprint density at radius 1 is 1.10 bits per heavy atom. The number of anilines is 1. The van der Waals surface area contributed by atoms with Crippen LogP contribution in [0.25, 0.3) is 0 Å². The lowest BCUT2D eigenvalue weighted by Gasteiger charge is -2.08. The van der Waals surface area contributed by atoms with Crippen LogP contribution in [0.15, 0.2) is 24.3 Å². The van der Waals surface area contributed by atoms with Gasteiger partial charge in [-0.05, 0) is 19.1 Å². The highest BCUT2D eigenvalue weighted by Gasteiger charge is 2.18. The van der Waals surface area contributed by atoms with Crippen LogP contribution in [0.4, 0.5) is 5.82 Å². The number of aromatic nitrogens is 2. The molecular weight excluding hydrogens is 315 g/mol. The standard InChI is InChI=1S/C13H10Cl2N4O2/c1-6-2-4-7(5-3-6)13(21)19-12-8(11(16)20)17-9(14)10(15)18-12/h2-5H,1H3,(H2,16,20)(H,18,19,21). The van der Waals surface area contributed by atoms with Gasteiger partial charge in [-0.25, -0.2) is 9.97 Å². The predicted octanol–water partition coefficient (Wildman–Crippen LogP) is 2.44. The summed E-state index contributed by atoms with van der Waals surface area (Å²) in [5, 5.41) is 2.13. The summed E-state index contributed by atoms with van der Waals surface area (Å²) in [5.74, 6) is -1.48. The highest BCUT2D eigenvalue weighted by atomic mass is 35.5. The number of benzene rings is 1. The molecule has 0 unspecified atom stereocenters. The van der Waals surface area contributed by atoms with Gasteiger partial charge in [-0.3, -0.25) is 9.59 Å². The van der Waals surface area contributed by atoms with Crippen LogP contribution in [0.2, 0.25) is 10.3 Å². The molecule has 0 aliphatic rings. The van der Waals surface area contributed by atoms with Crippen LogP contribution in [-0.2, 0) is 0 Å². The molecule has 0 radical (unpaired) electrons. The molecule has 2 amide bonds. The van der Waals surface area contributed by atoms with Crippen molar-refractivity contribution in [1.29, 1.82) is 0 Å². The van der Waals surface area contributed by atoms with Gasteiger partial charge in [-0.2, -0.15) is 0 Å². The van der Waals surface area contributed by atoms with Crippen molar-refractivity contribution in [1.82, 2.24) is 9.97 Å². The van der Waals surface area contributed by atoms with Crippen molar-refractivity contribution in [2.24, 2.45) is 5.73 Å². The molecule has 0 bridgehead atoms. The number of nitrogens with zero attached hydrogens (tertiary/aromatic N) is 2.